The fourth-order valence-electron chi connectivity index (χ4n) is 3.18. The Kier molecular flexibility index (Phi) is 6.11. The average molecular weight is 429 g/mol. The van der Waals surface area contributed by atoms with E-state index in [-0.39, 0.29) is 38.5 Å². The molecule has 0 aromatic carbocycles. The van der Waals surface area contributed by atoms with Crippen molar-refractivity contribution in [2.75, 3.05) is 52.9 Å². The fraction of sp³-hybridized carbons (Fsp3) is 0.929. The summed E-state index contributed by atoms with van der Waals surface area (Å²) < 4.78 is 44.6. The van der Waals surface area contributed by atoms with E-state index in [1.807, 2.05) is 0 Å². The van der Waals surface area contributed by atoms with Crippen LogP contribution >= 0.6 is 0 Å². The molecule has 164 valence electrons. The van der Waals surface area contributed by atoms with Crippen LogP contribution in [0.25, 0.3) is 0 Å². The van der Waals surface area contributed by atoms with E-state index in [9.17, 15) is 14.9 Å². The Balaban J connectivity index is 0.000000109. The van der Waals surface area contributed by atoms with Crippen molar-refractivity contribution >= 4 is 27.9 Å². The maximum absolute atomic E-state index is 11.0. The van der Waals surface area contributed by atoms with Gasteiger partial charge in [-0.05, 0) is 6.92 Å². The summed E-state index contributed by atoms with van der Waals surface area (Å²) in [6, 6.07) is 0. The molecule has 0 radical (unpaired) electrons. The molecule has 9 saturated heterocycles. The molecule has 0 N–H and O–H groups in total. The van der Waals surface area contributed by atoms with Crippen molar-refractivity contribution < 1.29 is 51.6 Å². The second-order valence-electron chi connectivity index (χ2n) is 8.61. The molecule has 9 rings (SSSR count). The molecule has 9 heterocycles. The standard InChI is InChI=1S/C5H7BO4.C5H9BO3.C4H6BNO5/c1-5-2-8-6(9-3-5)10-4(5)7;1-5-2-7-6(8-3-5)9-4-5;7-6(8)4-1-9-5(10-2-4)11-3-4/h2-3H2,1H3;2-4H2,1H3;1-3H2. The van der Waals surface area contributed by atoms with Crippen LogP contribution in [0.15, 0.2) is 0 Å². The first-order valence-corrected chi connectivity index (χ1v) is 9.51. The first-order chi connectivity index (χ1) is 14.2. The topological polar surface area (TPSA) is 143 Å². The summed E-state index contributed by atoms with van der Waals surface area (Å²) in [6.07, 6.45) is 0. The van der Waals surface area contributed by atoms with E-state index in [0.717, 1.165) is 19.8 Å². The average Bonchev–Trinajstić information content (AvgIpc) is 2.78. The van der Waals surface area contributed by atoms with Crippen LogP contribution in [0, 0.1) is 20.9 Å². The van der Waals surface area contributed by atoms with Crippen molar-refractivity contribution in [2.45, 2.75) is 19.4 Å². The Bertz CT molecular complexity index is 631. The molecule has 0 atom stereocenters. The van der Waals surface area contributed by atoms with Crippen LogP contribution in [0.2, 0.25) is 0 Å². The van der Waals surface area contributed by atoms with Crippen LogP contribution < -0.4 is 0 Å². The molecule has 13 nitrogen and oxygen atoms in total. The van der Waals surface area contributed by atoms with Gasteiger partial charge in [0.05, 0.1) is 13.2 Å². The van der Waals surface area contributed by atoms with Crippen molar-refractivity contribution in [3.05, 3.63) is 10.1 Å². The highest BCUT2D eigenvalue weighted by Gasteiger charge is 2.56. The maximum Gasteiger partial charge on any atom is 0.715 e. The van der Waals surface area contributed by atoms with Gasteiger partial charge >= 0.3 is 27.9 Å². The molecule has 9 aliphatic heterocycles. The van der Waals surface area contributed by atoms with Crippen LogP contribution in [0.3, 0.4) is 0 Å². The monoisotopic (exact) mass is 429 g/mol. The fourth-order valence-corrected chi connectivity index (χ4v) is 3.18. The Hall–Kier alpha value is -1.26. The Labute approximate surface area is 173 Å². The zero-order valence-electron chi connectivity index (χ0n) is 16.7. The Morgan fingerprint density at radius 2 is 1.13 bits per heavy atom. The van der Waals surface area contributed by atoms with Gasteiger partial charge in [-0.3, -0.25) is 14.9 Å². The highest BCUT2D eigenvalue weighted by molar-refractivity contribution is 6.41. The number of nitro groups is 1. The van der Waals surface area contributed by atoms with Crippen molar-refractivity contribution in [3.63, 3.8) is 0 Å². The minimum Gasteiger partial charge on any atom is -0.484 e. The van der Waals surface area contributed by atoms with Crippen LogP contribution in [0.5, 0.6) is 0 Å². The summed E-state index contributed by atoms with van der Waals surface area (Å²) in [5.74, 6) is -0.213. The molecule has 6 bridgehead atoms. The van der Waals surface area contributed by atoms with E-state index in [1.54, 1.807) is 6.92 Å². The van der Waals surface area contributed by atoms with Gasteiger partial charge in [-0.1, -0.05) is 6.92 Å². The lowest BCUT2D eigenvalue weighted by Gasteiger charge is -2.41. The van der Waals surface area contributed by atoms with Gasteiger partial charge < -0.3 is 41.9 Å². The lowest BCUT2D eigenvalue weighted by molar-refractivity contribution is -0.589. The quantitative estimate of drug-likeness (QED) is 0.278. The molecule has 9 aliphatic rings. The van der Waals surface area contributed by atoms with Gasteiger partial charge in [0.15, 0.2) is 0 Å². The summed E-state index contributed by atoms with van der Waals surface area (Å²) in [5.41, 5.74) is -1.60. The van der Waals surface area contributed by atoms with Crippen molar-refractivity contribution in [1.29, 1.82) is 0 Å². The molecule has 0 saturated carbocycles. The highest BCUT2D eigenvalue weighted by Crippen LogP contribution is 2.30. The lowest BCUT2D eigenvalue weighted by Crippen LogP contribution is -2.63. The molecule has 16 heteroatoms. The number of carbonyl (C=O) groups is 1. The summed E-state index contributed by atoms with van der Waals surface area (Å²) >= 11 is 0. The zero-order valence-corrected chi connectivity index (χ0v) is 16.7. The predicted molar refractivity (Wildman–Crippen MR) is 96.9 cm³/mol. The van der Waals surface area contributed by atoms with Crippen LogP contribution in [-0.4, -0.2) is 91.3 Å². The van der Waals surface area contributed by atoms with Crippen molar-refractivity contribution in [1.82, 2.24) is 0 Å². The Morgan fingerprint density at radius 1 is 0.733 bits per heavy atom. The van der Waals surface area contributed by atoms with E-state index in [1.165, 1.54) is 0 Å². The lowest BCUT2D eigenvalue weighted by atomic mass is 9.86. The molecule has 0 aromatic rings. The minimum atomic E-state index is -1.16. The van der Waals surface area contributed by atoms with Crippen LogP contribution in [-0.2, 0) is 46.7 Å². The number of carbonyl (C=O) groups excluding carboxylic acids is 1. The summed E-state index contributed by atoms with van der Waals surface area (Å²) in [4.78, 5) is 21.1. The van der Waals surface area contributed by atoms with E-state index in [4.69, 9.17) is 41.9 Å². The van der Waals surface area contributed by atoms with Gasteiger partial charge in [0, 0.05) is 30.2 Å². The molecule has 0 amide bonds. The Morgan fingerprint density at radius 3 is 1.37 bits per heavy atom. The second-order valence-corrected chi connectivity index (χ2v) is 8.61. The van der Waals surface area contributed by atoms with Crippen molar-refractivity contribution in [3.8, 4) is 0 Å². The van der Waals surface area contributed by atoms with E-state index >= 15 is 0 Å². The van der Waals surface area contributed by atoms with E-state index < -0.39 is 30.5 Å². The number of rotatable bonds is 1. The summed E-state index contributed by atoms with van der Waals surface area (Å²) in [5, 5.41) is 10.5. The summed E-state index contributed by atoms with van der Waals surface area (Å²) in [7, 11) is -1.79. The molecular weight excluding hydrogens is 407 g/mol. The maximum atomic E-state index is 11.0. The smallest absolute Gasteiger partial charge is 0.484 e. The third-order valence-electron chi connectivity index (χ3n) is 5.33. The zero-order chi connectivity index (χ0) is 21.4. The number of nitrogens with zero attached hydrogens (tertiary/aromatic N) is 1. The molecule has 0 aromatic heterocycles. The van der Waals surface area contributed by atoms with Gasteiger partial charge in [-0.25, -0.2) is 0 Å². The van der Waals surface area contributed by atoms with Gasteiger partial charge in [0.2, 0.25) is 0 Å². The first-order valence-electron chi connectivity index (χ1n) is 9.51. The molecular formula is C14H22B3NO12. The molecule has 0 unspecified atom stereocenters. The number of fused-ring (bicyclic) bond motifs is 9. The van der Waals surface area contributed by atoms with Crippen LogP contribution in [0.1, 0.15) is 13.8 Å². The first kappa shape index (κ1) is 22.0. The molecule has 0 spiro atoms. The molecule has 0 aliphatic carbocycles. The number of hydrogen-bond donors (Lipinski definition) is 0. The molecule has 9 fully saturated rings. The van der Waals surface area contributed by atoms with E-state index in [2.05, 4.69) is 6.92 Å². The number of hydrogen-bond acceptors (Lipinski definition) is 12. The normalized spacial score (nSPS) is 28.7. The highest BCUT2D eigenvalue weighted by atomic mass is 16.8. The largest absolute Gasteiger partial charge is 0.715 e. The second kappa shape index (κ2) is 8.35. The minimum absolute atomic E-state index is 0.0880. The van der Waals surface area contributed by atoms with E-state index in [0.29, 0.717) is 13.2 Å². The predicted octanol–water partition coefficient (Wildman–Crippen LogP) is -1.30. The van der Waals surface area contributed by atoms with Crippen molar-refractivity contribution in [2.24, 2.45) is 10.8 Å². The van der Waals surface area contributed by atoms with Crippen LogP contribution in [0.4, 0.5) is 0 Å². The van der Waals surface area contributed by atoms with Gasteiger partial charge in [-0.15, -0.1) is 0 Å². The van der Waals surface area contributed by atoms with Gasteiger partial charge in [0.1, 0.15) is 25.2 Å². The SMILES string of the molecule is CC12COB(OC1)OC2.CC12COB(OC1)OC2=O.O=[N+]([O-])C12COB(OC1)OC2. The third-order valence-corrected chi connectivity index (χ3v) is 5.33. The third kappa shape index (κ3) is 4.50. The molecule has 30 heavy (non-hydrogen) atoms. The van der Waals surface area contributed by atoms with Gasteiger partial charge in [0.25, 0.3) is 5.54 Å². The van der Waals surface area contributed by atoms with Gasteiger partial charge in [-0.2, -0.15) is 0 Å². The summed E-state index contributed by atoms with van der Waals surface area (Å²) in [6.45, 7) is 7.28.